The molecule has 1 aliphatic heterocycles. The molecule has 1 aliphatic rings. The van der Waals surface area contributed by atoms with Crippen LogP contribution in [0, 0.1) is 5.41 Å². The molecule has 1 rings (SSSR count). The quantitative estimate of drug-likeness (QED) is 0.620. The van der Waals surface area contributed by atoms with Crippen molar-refractivity contribution >= 4 is 0 Å². The lowest BCUT2D eigenvalue weighted by molar-refractivity contribution is -0.0236. The summed E-state index contributed by atoms with van der Waals surface area (Å²) in [5.74, 6) is 0. The number of hydrogen-bond acceptors (Lipinski definition) is 3. The van der Waals surface area contributed by atoms with E-state index in [0.717, 1.165) is 32.4 Å². The highest BCUT2D eigenvalue weighted by Gasteiger charge is 2.37. The molecule has 0 saturated carbocycles. The fraction of sp³-hybridized carbons (Fsp3) is 1.00. The Hall–Kier alpha value is -0.120. The van der Waals surface area contributed by atoms with Crippen LogP contribution in [0.2, 0.25) is 0 Å². The van der Waals surface area contributed by atoms with Crippen LogP contribution in [0.25, 0.3) is 0 Å². The largest absolute Gasteiger partial charge is 0.388 e. The molecule has 1 saturated heterocycles. The van der Waals surface area contributed by atoms with Crippen molar-refractivity contribution in [2.75, 3.05) is 13.1 Å². The molecule has 1 unspecified atom stereocenters. The average molecular weight is 200 g/mol. The highest BCUT2D eigenvalue weighted by atomic mass is 16.3. The molecular formula is C11H24N2O. The van der Waals surface area contributed by atoms with Crippen LogP contribution in [0.1, 0.15) is 40.0 Å². The van der Waals surface area contributed by atoms with Crippen molar-refractivity contribution in [3.8, 4) is 0 Å². The first-order valence-electron chi connectivity index (χ1n) is 5.52. The van der Waals surface area contributed by atoms with Crippen LogP contribution < -0.4 is 11.1 Å². The molecule has 1 atom stereocenters. The van der Waals surface area contributed by atoms with Gasteiger partial charge in [0.05, 0.1) is 5.60 Å². The van der Waals surface area contributed by atoms with Crippen LogP contribution in [0.4, 0.5) is 0 Å². The molecule has 0 aliphatic carbocycles. The minimum absolute atomic E-state index is 0.0930. The first-order valence-corrected chi connectivity index (χ1v) is 5.52. The summed E-state index contributed by atoms with van der Waals surface area (Å²) < 4.78 is 0. The number of rotatable bonds is 2. The lowest BCUT2D eigenvalue weighted by Crippen LogP contribution is -2.55. The zero-order valence-electron chi connectivity index (χ0n) is 9.64. The summed E-state index contributed by atoms with van der Waals surface area (Å²) in [5, 5.41) is 13.6. The summed E-state index contributed by atoms with van der Waals surface area (Å²) in [6.07, 6.45) is 2.44. The van der Waals surface area contributed by atoms with Gasteiger partial charge in [0.25, 0.3) is 0 Å². The van der Waals surface area contributed by atoms with E-state index in [2.05, 4.69) is 26.1 Å². The lowest BCUT2D eigenvalue weighted by Gasteiger charge is -2.40. The molecule has 0 aromatic rings. The maximum absolute atomic E-state index is 10.3. The predicted octanol–water partition coefficient (Wildman–Crippen LogP) is 0.864. The standard InChI is InChI=1S/C11H24N2O/c1-10(2,3)8-9(12)11(14)4-6-13-7-5-11/h9,13-14H,4-8,12H2,1-3H3. The Bertz CT molecular complexity index is 180. The molecule has 0 radical (unpaired) electrons. The molecule has 3 heteroatoms. The van der Waals surface area contributed by atoms with Gasteiger partial charge in [-0.25, -0.2) is 0 Å². The van der Waals surface area contributed by atoms with Crippen molar-refractivity contribution < 1.29 is 5.11 Å². The topological polar surface area (TPSA) is 58.3 Å². The number of nitrogens with one attached hydrogen (secondary N) is 1. The van der Waals surface area contributed by atoms with Crippen molar-refractivity contribution in [3.05, 3.63) is 0 Å². The third-order valence-electron chi connectivity index (χ3n) is 2.99. The van der Waals surface area contributed by atoms with E-state index in [0.29, 0.717) is 0 Å². The highest BCUT2D eigenvalue weighted by molar-refractivity contribution is 4.94. The van der Waals surface area contributed by atoms with Crippen LogP contribution >= 0.6 is 0 Å². The number of hydrogen-bond donors (Lipinski definition) is 3. The summed E-state index contributed by atoms with van der Waals surface area (Å²) in [6, 6.07) is -0.0930. The van der Waals surface area contributed by atoms with Gasteiger partial charge >= 0.3 is 0 Å². The van der Waals surface area contributed by atoms with Crippen LogP contribution in [-0.2, 0) is 0 Å². The number of aliphatic hydroxyl groups is 1. The monoisotopic (exact) mass is 200 g/mol. The first-order chi connectivity index (χ1) is 6.33. The van der Waals surface area contributed by atoms with E-state index in [-0.39, 0.29) is 11.5 Å². The van der Waals surface area contributed by atoms with Gasteiger partial charge < -0.3 is 16.2 Å². The molecule has 0 spiro atoms. The third-order valence-corrected chi connectivity index (χ3v) is 2.99. The third kappa shape index (κ3) is 3.23. The average Bonchev–Trinajstić information content (AvgIpc) is 2.02. The Balaban J connectivity index is 2.53. The molecule has 1 heterocycles. The summed E-state index contributed by atoms with van der Waals surface area (Å²) >= 11 is 0. The zero-order valence-corrected chi connectivity index (χ0v) is 9.64. The van der Waals surface area contributed by atoms with E-state index in [4.69, 9.17) is 5.73 Å². The smallest absolute Gasteiger partial charge is 0.0822 e. The van der Waals surface area contributed by atoms with E-state index in [1.807, 2.05) is 0 Å². The van der Waals surface area contributed by atoms with E-state index in [9.17, 15) is 5.11 Å². The van der Waals surface area contributed by atoms with Gasteiger partial charge in [-0.1, -0.05) is 20.8 Å². The van der Waals surface area contributed by atoms with Crippen LogP contribution in [0.15, 0.2) is 0 Å². The summed E-state index contributed by atoms with van der Waals surface area (Å²) in [6.45, 7) is 8.26. The number of nitrogens with two attached hydrogens (primary N) is 1. The van der Waals surface area contributed by atoms with Gasteiger partial charge in [0, 0.05) is 6.04 Å². The minimum Gasteiger partial charge on any atom is -0.388 e. The Morgan fingerprint density at radius 1 is 1.36 bits per heavy atom. The first kappa shape index (κ1) is 12.0. The zero-order chi connectivity index (χ0) is 10.8. The van der Waals surface area contributed by atoms with Gasteiger partial charge in [-0.05, 0) is 37.8 Å². The molecule has 14 heavy (non-hydrogen) atoms. The second-order valence-electron chi connectivity index (χ2n) is 5.72. The van der Waals surface area contributed by atoms with E-state index < -0.39 is 5.60 Å². The normalized spacial score (nSPS) is 24.6. The summed E-state index contributed by atoms with van der Waals surface area (Å²) in [4.78, 5) is 0. The second kappa shape index (κ2) is 4.17. The maximum Gasteiger partial charge on any atom is 0.0822 e. The molecule has 0 aromatic heterocycles. The predicted molar refractivity (Wildman–Crippen MR) is 59.1 cm³/mol. The molecule has 3 nitrogen and oxygen atoms in total. The van der Waals surface area contributed by atoms with Gasteiger partial charge in [0.2, 0.25) is 0 Å². The molecular weight excluding hydrogens is 176 g/mol. The van der Waals surface area contributed by atoms with Crippen molar-refractivity contribution in [1.82, 2.24) is 5.32 Å². The molecule has 0 bridgehead atoms. The Labute approximate surface area is 87.1 Å². The Morgan fingerprint density at radius 2 is 1.86 bits per heavy atom. The molecule has 4 N–H and O–H groups in total. The Kier molecular flexibility index (Phi) is 3.56. The van der Waals surface area contributed by atoms with E-state index in [1.165, 1.54) is 0 Å². The molecule has 0 amide bonds. The van der Waals surface area contributed by atoms with Crippen molar-refractivity contribution in [1.29, 1.82) is 0 Å². The van der Waals surface area contributed by atoms with E-state index >= 15 is 0 Å². The molecule has 84 valence electrons. The van der Waals surface area contributed by atoms with Crippen LogP contribution in [-0.4, -0.2) is 29.8 Å². The lowest BCUT2D eigenvalue weighted by atomic mass is 9.77. The Morgan fingerprint density at radius 3 is 2.29 bits per heavy atom. The van der Waals surface area contributed by atoms with Gasteiger partial charge in [0.15, 0.2) is 0 Å². The highest BCUT2D eigenvalue weighted by Crippen LogP contribution is 2.29. The minimum atomic E-state index is -0.640. The summed E-state index contributed by atoms with van der Waals surface area (Å²) in [5.41, 5.74) is 5.65. The second-order valence-corrected chi connectivity index (χ2v) is 5.72. The fourth-order valence-electron chi connectivity index (χ4n) is 2.08. The van der Waals surface area contributed by atoms with Crippen LogP contribution in [0.5, 0.6) is 0 Å². The van der Waals surface area contributed by atoms with Crippen LogP contribution in [0.3, 0.4) is 0 Å². The van der Waals surface area contributed by atoms with Gasteiger partial charge in [0.1, 0.15) is 0 Å². The van der Waals surface area contributed by atoms with Crippen molar-refractivity contribution in [2.45, 2.75) is 51.7 Å². The summed E-state index contributed by atoms with van der Waals surface area (Å²) in [7, 11) is 0. The maximum atomic E-state index is 10.3. The van der Waals surface area contributed by atoms with Crippen molar-refractivity contribution in [3.63, 3.8) is 0 Å². The molecule has 0 aromatic carbocycles. The number of piperidine rings is 1. The van der Waals surface area contributed by atoms with Gasteiger partial charge in [-0.15, -0.1) is 0 Å². The fourth-order valence-corrected chi connectivity index (χ4v) is 2.08. The SMILES string of the molecule is CC(C)(C)CC(N)C1(O)CCNCC1. The van der Waals surface area contributed by atoms with Gasteiger partial charge in [-0.3, -0.25) is 0 Å². The molecule has 1 fully saturated rings. The van der Waals surface area contributed by atoms with E-state index in [1.54, 1.807) is 0 Å². The van der Waals surface area contributed by atoms with Gasteiger partial charge in [-0.2, -0.15) is 0 Å². The van der Waals surface area contributed by atoms with Crippen molar-refractivity contribution in [2.24, 2.45) is 11.1 Å².